The summed E-state index contributed by atoms with van der Waals surface area (Å²) in [5.74, 6) is 2.03. The maximum Gasteiger partial charge on any atom is 0.250 e. The first-order valence-electron chi connectivity index (χ1n) is 12.1. The van der Waals surface area contributed by atoms with Crippen molar-refractivity contribution in [3.05, 3.63) is 30.3 Å². The predicted octanol–water partition coefficient (Wildman–Crippen LogP) is 3.69. The normalized spacial score (nSPS) is 27.4. The Bertz CT molecular complexity index is 690. The molecule has 1 aromatic carbocycles. The summed E-state index contributed by atoms with van der Waals surface area (Å²) >= 11 is 0. The van der Waals surface area contributed by atoms with E-state index in [1.807, 2.05) is 4.90 Å². The number of rotatable bonds is 6. The fourth-order valence-corrected chi connectivity index (χ4v) is 6.05. The van der Waals surface area contributed by atoms with E-state index in [0.29, 0.717) is 25.2 Å². The Labute approximate surface area is 182 Å². The molecule has 0 bridgehead atoms. The molecule has 0 radical (unpaired) electrons. The van der Waals surface area contributed by atoms with E-state index in [9.17, 15) is 4.79 Å². The van der Waals surface area contributed by atoms with Gasteiger partial charge >= 0.3 is 0 Å². The van der Waals surface area contributed by atoms with Crippen LogP contribution in [0, 0.1) is 11.8 Å². The Balaban J connectivity index is 1.46. The number of nitrogens with two attached hydrogens (primary N) is 1. The molecule has 2 aliphatic heterocycles. The molecule has 2 heterocycles. The summed E-state index contributed by atoms with van der Waals surface area (Å²) in [5, 5.41) is 0. The second-order valence-electron chi connectivity index (χ2n) is 10.00. The molecule has 1 spiro atoms. The topological polar surface area (TPSA) is 52.8 Å². The number of piperidine rings is 1. The molecule has 166 valence electrons. The minimum Gasteiger partial charge on any atom is -0.339 e. The number of nitrogens with zero attached hydrogens (tertiary/aromatic N) is 3. The van der Waals surface area contributed by atoms with Crippen LogP contribution in [0.2, 0.25) is 0 Å². The molecule has 1 amide bonds. The van der Waals surface area contributed by atoms with Gasteiger partial charge in [0.2, 0.25) is 5.91 Å². The van der Waals surface area contributed by atoms with Gasteiger partial charge in [-0.25, -0.2) is 0 Å². The standard InChI is InChI=1S/C25H40N4O/c1-20(2)21-9-11-22(12-10-21)27-17-13-25(14-18-27)24(30)28(16-6-15-26)19-29(25)23-7-4-3-5-8-23/h3-5,7-8,20-22H,6,9-19,26H2,1-2H3. The molecule has 30 heavy (non-hydrogen) atoms. The molecular formula is C25H40N4O. The third-order valence-corrected chi connectivity index (χ3v) is 8.04. The van der Waals surface area contributed by atoms with Crippen molar-refractivity contribution < 1.29 is 4.79 Å². The molecule has 0 unspecified atom stereocenters. The number of likely N-dealkylation sites (tertiary alicyclic amines) is 1. The first-order chi connectivity index (χ1) is 14.5. The van der Waals surface area contributed by atoms with Crippen molar-refractivity contribution in [3.8, 4) is 0 Å². The largest absolute Gasteiger partial charge is 0.339 e. The third kappa shape index (κ3) is 4.11. The zero-order valence-electron chi connectivity index (χ0n) is 18.9. The van der Waals surface area contributed by atoms with Crippen molar-refractivity contribution in [1.29, 1.82) is 0 Å². The van der Waals surface area contributed by atoms with Gasteiger partial charge in [-0.3, -0.25) is 4.79 Å². The van der Waals surface area contributed by atoms with Gasteiger partial charge in [-0.15, -0.1) is 0 Å². The van der Waals surface area contributed by atoms with E-state index in [1.54, 1.807) is 0 Å². The summed E-state index contributed by atoms with van der Waals surface area (Å²) in [6.45, 7) is 8.92. The molecule has 1 aromatic rings. The summed E-state index contributed by atoms with van der Waals surface area (Å²) in [6, 6.07) is 11.2. The average Bonchev–Trinajstić information content (AvgIpc) is 3.05. The van der Waals surface area contributed by atoms with Gasteiger partial charge < -0.3 is 20.4 Å². The van der Waals surface area contributed by atoms with E-state index < -0.39 is 0 Å². The zero-order chi connectivity index (χ0) is 21.1. The lowest BCUT2D eigenvalue weighted by Gasteiger charge is -2.47. The number of amides is 1. The summed E-state index contributed by atoms with van der Waals surface area (Å²) < 4.78 is 0. The van der Waals surface area contributed by atoms with Crippen LogP contribution in [0.3, 0.4) is 0 Å². The fraction of sp³-hybridized carbons (Fsp3) is 0.720. The van der Waals surface area contributed by atoms with Crippen LogP contribution in [-0.2, 0) is 4.79 Å². The molecule has 0 aromatic heterocycles. The lowest BCUT2D eigenvalue weighted by Crippen LogP contribution is -2.58. The van der Waals surface area contributed by atoms with Crippen LogP contribution >= 0.6 is 0 Å². The summed E-state index contributed by atoms with van der Waals surface area (Å²) in [4.78, 5) is 20.7. The third-order valence-electron chi connectivity index (χ3n) is 8.04. The molecule has 0 atom stereocenters. The fourth-order valence-electron chi connectivity index (χ4n) is 6.05. The van der Waals surface area contributed by atoms with Crippen LogP contribution in [0.4, 0.5) is 5.69 Å². The maximum atomic E-state index is 13.6. The Morgan fingerprint density at radius 2 is 1.73 bits per heavy atom. The number of benzene rings is 1. The number of hydrogen-bond donors (Lipinski definition) is 1. The van der Waals surface area contributed by atoms with Crippen LogP contribution in [0.5, 0.6) is 0 Å². The molecule has 2 saturated heterocycles. The van der Waals surface area contributed by atoms with Crippen LogP contribution in [-0.4, -0.2) is 60.1 Å². The lowest BCUT2D eigenvalue weighted by atomic mass is 9.78. The van der Waals surface area contributed by atoms with E-state index in [1.165, 1.54) is 31.4 Å². The van der Waals surface area contributed by atoms with Crippen molar-refractivity contribution in [1.82, 2.24) is 9.80 Å². The number of anilines is 1. The van der Waals surface area contributed by atoms with E-state index in [0.717, 1.165) is 50.7 Å². The van der Waals surface area contributed by atoms with Crippen molar-refractivity contribution in [2.75, 3.05) is 37.7 Å². The van der Waals surface area contributed by atoms with Gasteiger partial charge in [0.25, 0.3) is 0 Å². The molecule has 5 heteroatoms. The Hall–Kier alpha value is -1.59. The molecule has 1 saturated carbocycles. The van der Waals surface area contributed by atoms with Gasteiger partial charge in [-0.1, -0.05) is 32.0 Å². The van der Waals surface area contributed by atoms with Crippen molar-refractivity contribution in [3.63, 3.8) is 0 Å². The van der Waals surface area contributed by atoms with Crippen LogP contribution in [0.25, 0.3) is 0 Å². The lowest BCUT2D eigenvalue weighted by molar-refractivity contribution is -0.133. The van der Waals surface area contributed by atoms with E-state index >= 15 is 0 Å². The molecule has 1 aliphatic carbocycles. The number of carbonyl (C=O) groups excluding carboxylic acids is 1. The van der Waals surface area contributed by atoms with Crippen LogP contribution < -0.4 is 10.6 Å². The zero-order valence-corrected chi connectivity index (χ0v) is 18.9. The molecule has 5 nitrogen and oxygen atoms in total. The molecule has 3 aliphatic rings. The minimum absolute atomic E-state index is 0.322. The Morgan fingerprint density at radius 1 is 1.07 bits per heavy atom. The highest BCUT2D eigenvalue weighted by Gasteiger charge is 2.53. The molecule has 2 N–H and O–H groups in total. The SMILES string of the molecule is CC(C)C1CCC(N2CCC3(CC2)C(=O)N(CCCN)CN3c2ccccc2)CC1. The molecule has 4 rings (SSSR count). The Kier molecular flexibility index (Phi) is 6.69. The summed E-state index contributed by atoms with van der Waals surface area (Å²) in [7, 11) is 0. The summed E-state index contributed by atoms with van der Waals surface area (Å²) in [6.07, 6.45) is 8.13. The maximum absolute atomic E-state index is 13.6. The smallest absolute Gasteiger partial charge is 0.250 e. The predicted molar refractivity (Wildman–Crippen MR) is 123 cm³/mol. The second-order valence-corrected chi connectivity index (χ2v) is 10.00. The van der Waals surface area contributed by atoms with E-state index in [4.69, 9.17) is 5.73 Å². The highest BCUT2D eigenvalue weighted by molar-refractivity contribution is 5.93. The monoisotopic (exact) mass is 412 g/mol. The van der Waals surface area contributed by atoms with Crippen molar-refractivity contribution >= 4 is 11.6 Å². The minimum atomic E-state index is -0.373. The number of para-hydroxylation sites is 1. The van der Waals surface area contributed by atoms with Gasteiger partial charge in [0.1, 0.15) is 5.54 Å². The van der Waals surface area contributed by atoms with Crippen LogP contribution in [0.1, 0.15) is 58.8 Å². The first-order valence-corrected chi connectivity index (χ1v) is 12.1. The average molecular weight is 413 g/mol. The van der Waals surface area contributed by atoms with E-state index in [-0.39, 0.29) is 5.54 Å². The molecule has 3 fully saturated rings. The quantitative estimate of drug-likeness (QED) is 0.774. The second kappa shape index (κ2) is 9.27. The number of carbonyl (C=O) groups is 1. The van der Waals surface area contributed by atoms with Crippen molar-refractivity contribution in [2.45, 2.75) is 70.4 Å². The van der Waals surface area contributed by atoms with Gasteiger partial charge in [0.15, 0.2) is 0 Å². The summed E-state index contributed by atoms with van der Waals surface area (Å²) in [5.41, 5.74) is 6.54. The number of hydrogen-bond acceptors (Lipinski definition) is 4. The van der Waals surface area contributed by atoms with Gasteiger partial charge in [0.05, 0.1) is 6.67 Å². The highest BCUT2D eigenvalue weighted by Crippen LogP contribution is 2.41. The first kappa shape index (κ1) is 21.6. The van der Waals surface area contributed by atoms with Gasteiger partial charge in [-0.2, -0.15) is 0 Å². The van der Waals surface area contributed by atoms with E-state index in [2.05, 4.69) is 54.0 Å². The molecular weight excluding hydrogens is 372 g/mol. The van der Waals surface area contributed by atoms with Gasteiger partial charge in [0, 0.05) is 31.4 Å². The van der Waals surface area contributed by atoms with Crippen molar-refractivity contribution in [2.24, 2.45) is 17.6 Å². The Morgan fingerprint density at radius 3 is 2.33 bits per heavy atom. The van der Waals surface area contributed by atoms with Gasteiger partial charge in [-0.05, 0) is 75.5 Å². The van der Waals surface area contributed by atoms with Crippen LogP contribution in [0.15, 0.2) is 30.3 Å². The highest BCUT2D eigenvalue weighted by atomic mass is 16.2.